The molecule has 1 rings (SSSR count). The molecule has 1 aromatic rings. The smallest absolute Gasteiger partial charge is 0.0821 e. The molecule has 0 aliphatic heterocycles. The highest BCUT2D eigenvalue weighted by Gasteiger charge is 2.19. The van der Waals surface area contributed by atoms with Crippen molar-refractivity contribution in [2.24, 2.45) is 0 Å². The summed E-state index contributed by atoms with van der Waals surface area (Å²) < 4.78 is 1.87. The molecule has 3 nitrogen and oxygen atoms in total. The molecule has 80 valence electrons. The van der Waals surface area contributed by atoms with Crippen LogP contribution in [0.4, 0.5) is 0 Å². The minimum Gasteiger partial charge on any atom is -0.393 e. The van der Waals surface area contributed by atoms with Crippen LogP contribution in [0.2, 0.25) is 5.02 Å². The zero-order valence-electron chi connectivity index (χ0n) is 8.87. The maximum absolute atomic E-state index is 9.51. The van der Waals surface area contributed by atoms with Crippen molar-refractivity contribution < 1.29 is 5.11 Å². The van der Waals surface area contributed by atoms with Crippen molar-refractivity contribution in [3.63, 3.8) is 0 Å². The van der Waals surface area contributed by atoms with Gasteiger partial charge in [0.1, 0.15) is 0 Å². The monoisotopic (exact) mass is 216 g/mol. The highest BCUT2D eigenvalue weighted by molar-refractivity contribution is 6.31. The lowest BCUT2D eigenvalue weighted by Crippen LogP contribution is -2.16. The largest absolute Gasteiger partial charge is 0.393 e. The van der Waals surface area contributed by atoms with Gasteiger partial charge >= 0.3 is 0 Å². The third-order valence-electron chi connectivity index (χ3n) is 2.42. The Balaban J connectivity index is 2.97. The summed E-state index contributed by atoms with van der Waals surface area (Å²) in [5.74, 6) is 0.0246. The first-order chi connectivity index (χ1) is 6.57. The third kappa shape index (κ3) is 2.28. The summed E-state index contributed by atoms with van der Waals surface area (Å²) in [6.07, 6.45) is 2.25. The Morgan fingerprint density at radius 3 is 2.71 bits per heavy atom. The molecule has 4 heteroatoms. The van der Waals surface area contributed by atoms with E-state index in [4.69, 9.17) is 11.6 Å². The van der Waals surface area contributed by atoms with E-state index in [1.165, 1.54) is 0 Å². The van der Waals surface area contributed by atoms with Gasteiger partial charge in [-0.3, -0.25) is 4.68 Å². The number of aliphatic hydroxyl groups excluding tert-OH is 1. The van der Waals surface area contributed by atoms with Crippen LogP contribution < -0.4 is 0 Å². The van der Waals surface area contributed by atoms with E-state index in [1.54, 1.807) is 13.1 Å². The molecule has 0 saturated heterocycles. The van der Waals surface area contributed by atoms with Gasteiger partial charge in [0, 0.05) is 12.5 Å². The van der Waals surface area contributed by atoms with Gasteiger partial charge in [-0.15, -0.1) is 0 Å². The van der Waals surface area contributed by atoms with Crippen LogP contribution in [0.1, 0.15) is 38.8 Å². The van der Waals surface area contributed by atoms with Crippen LogP contribution in [-0.4, -0.2) is 21.0 Å². The zero-order valence-corrected chi connectivity index (χ0v) is 9.62. The minimum absolute atomic E-state index is 0.0246. The third-order valence-corrected chi connectivity index (χ3v) is 2.71. The first kappa shape index (κ1) is 11.5. The maximum Gasteiger partial charge on any atom is 0.0821 e. The van der Waals surface area contributed by atoms with Crippen molar-refractivity contribution >= 4 is 11.6 Å². The van der Waals surface area contributed by atoms with Crippen molar-refractivity contribution in [1.82, 2.24) is 9.78 Å². The number of rotatable bonds is 4. The predicted octanol–water partition coefficient (Wildman–Crippen LogP) is 2.43. The molecule has 1 heterocycles. The standard InChI is InChI=1S/C10H17ClN2O/c1-4-5-13-10(7(2)8(3)14)9(11)6-12-13/h6-8,14H,4-5H2,1-3H3. The molecule has 0 aliphatic rings. The minimum atomic E-state index is -0.403. The van der Waals surface area contributed by atoms with Crippen molar-refractivity contribution in [3.05, 3.63) is 16.9 Å². The van der Waals surface area contributed by atoms with E-state index in [2.05, 4.69) is 12.0 Å². The number of aliphatic hydroxyl groups is 1. The predicted molar refractivity (Wildman–Crippen MR) is 57.6 cm³/mol. The second-order valence-corrected chi connectivity index (χ2v) is 4.04. The molecule has 0 aromatic carbocycles. The number of nitrogens with zero attached hydrogens (tertiary/aromatic N) is 2. The molecule has 0 spiro atoms. The van der Waals surface area contributed by atoms with E-state index in [0.717, 1.165) is 18.7 Å². The summed E-state index contributed by atoms with van der Waals surface area (Å²) >= 11 is 6.03. The molecule has 14 heavy (non-hydrogen) atoms. The summed E-state index contributed by atoms with van der Waals surface area (Å²) in [7, 11) is 0. The van der Waals surface area contributed by atoms with Crippen molar-refractivity contribution in [2.45, 2.75) is 45.8 Å². The maximum atomic E-state index is 9.51. The summed E-state index contributed by atoms with van der Waals surface area (Å²) in [5, 5.41) is 14.3. The fourth-order valence-corrected chi connectivity index (χ4v) is 1.76. The molecule has 1 aromatic heterocycles. The Morgan fingerprint density at radius 1 is 1.57 bits per heavy atom. The first-order valence-corrected chi connectivity index (χ1v) is 5.35. The van der Waals surface area contributed by atoms with Crippen molar-refractivity contribution in [1.29, 1.82) is 0 Å². The quantitative estimate of drug-likeness (QED) is 0.840. The van der Waals surface area contributed by atoms with Crippen LogP contribution in [0.3, 0.4) is 0 Å². The SMILES string of the molecule is CCCn1ncc(Cl)c1C(C)C(C)O. The Morgan fingerprint density at radius 2 is 2.21 bits per heavy atom. The molecule has 0 bridgehead atoms. The fourth-order valence-electron chi connectivity index (χ4n) is 1.44. The van der Waals surface area contributed by atoms with E-state index in [1.807, 2.05) is 11.6 Å². The van der Waals surface area contributed by atoms with Gasteiger partial charge in [0.05, 0.1) is 23.0 Å². The fraction of sp³-hybridized carbons (Fsp3) is 0.700. The molecule has 0 fully saturated rings. The summed E-state index contributed by atoms with van der Waals surface area (Å²) in [6, 6.07) is 0. The van der Waals surface area contributed by atoms with Gasteiger partial charge in [0.15, 0.2) is 0 Å². The number of aromatic nitrogens is 2. The van der Waals surface area contributed by atoms with Crippen LogP contribution in [0.5, 0.6) is 0 Å². The van der Waals surface area contributed by atoms with Crippen molar-refractivity contribution in [3.8, 4) is 0 Å². The number of hydrogen-bond acceptors (Lipinski definition) is 2. The Labute approximate surface area is 89.7 Å². The van der Waals surface area contributed by atoms with Crippen LogP contribution in [0.25, 0.3) is 0 Å². The lowest BCUT2D eigenvalue weighted by Gasteiger charge is -2.17. The Bertz CT molecular complexity index is 296. The summed E-state index contributed by atoms with van der Waals surface area (Å²) in [4.78, 5) is 0. The lowest BCUT2D eigenvalue weighted by molar-refractivity contribution is 0.165. The lowest BCUT2D eigenvalue weighted by atomic mass is 10.0. The average Bonchev–Trinajstić information content (AvgIpc) is 2.47. The zero-order chi connectivity index (χ0) is 10.7. The van der Waals surface area contributed by atoms with E-state index < -0.39 is 6.10 Å². The van der Waals surface area contributed by atoms with Crippen LogP contribution in [0, 0.1) is 0 Å². The van der Waals surface area contributed by atoms with Gasteiger partial charge in [-0.25, -0.2) is 0 Å². The highest BCUT2D eigenvalue weighted by atomic mass is 35.5. The van der Waals surface area contributed by atoms with Crippen LogP contribution in [0.15, 0.2) is 6.20 Å². The Kier molecular flexibility index (Phi) is 3.96. The molecule has 0 aliphatic carbocycles. The van der Waals surface area contributed by atoms with E-state index in [0.29, 0.717) is 5.02 Å². The molecule has 0 saturated carbocycles. The molecule has 2 unspecified atom stereocenters. The second kappa shape index (κ2) is 4.80. The Hall–Kier alpha value is -0.540. The number of halogens is 1. The van der Waals surface area contributed by atoms with Crippen LogP contribution >= 0.6 is 11.6 Å². The number of aryl methyl sites for hydroxylation is 1. The first-order valence-electron chi connectivity index (χ1n) is 4.97. The molecule has 2 atom stereocenters. The van der Waals surface area contributed by atoms with Gasteiger partial charge in [-0.2, -0.15) is 5.10 Å². The summed E-state index contributed by atoms with van der Waals surface area (Å²) in [6.45, 7) is 6.66. The van der Waals surface area contributed by atoms with Gasteiger partial charge in [0.2, 0.25) is 0 Å². The van der Waals surface area contributed by atoms with E-state index in [9.17, 15) is 5.11 Å². The highest BCUT2D eigenvalue weighted by Crippen LogP contribution is 2.26. The normalized spacial score (nSPS) is 15.5. The van der Waals surface area contributed by atoms with Gasteiger partial charge in [0.25, 0.3) is 0 Å². The molecule has 0 amide bonds. The molecule has 0 radical (unpaired) electrons. The van der Waals surface area contributed by atoms with E-state index >= 15 is 0 Å². The van der Waals surface area contributed by atoms with Crippen LogP contribution in [-0.2, 0) is 6.54 Å². The number of hydrogen-bond donors (Lipinski definition) is 1. The second-order valence-electron chi connectivity index (χ2n) is 3.63. The molecular weight excluding hydrogens is 200 g/mol. The average molecular weight is 217 g/mol. The van der Waals surface area contributed by atoms with Gasteiger partial charge in [-0.1, -0.05) is 25.4 Å². The molecule has 1 N–H and O–H groups in total. The molecular formula is C10H17ClN2O. The van der Waals surface area contributed by atoms with Gasteiger partial charge < -0.3 is 5.11 Å². The van der Waals surface area contributed by atoms with Crippen molar-refractivity contribution in [2.75, 3.05) is 0 Å². The van der Waals surface area contributed by atoms with E-state index in [-0.39, 0.29) is 5.92 Å². The van der Waals surface area contributed by atoms with Gasteiger partial charge in [-0.05, 0) is 13.3 Å². The topological polar surface area (TPSA) is 38.0 Å². The summed E-state index contributed by atoms with van der Waals surface area (Å²) in [5.41, 5.74) is 0.934.